The van der Waals surface area contributed by atoms with E-state index >= 15 is 0 Å². The van der Waals surface area contributed by atoms with Crippen LogP contribution in [0.2, 0.25) is 0 Å². The van der Waals surface area contributed by atoms with Crippen LogP contribution in [0, 0.1) is 0 Å². The molecule has 0 atom stereocenters. The minimum absolute atomic E-state index is 0.594. The molecule has 1 aromatic carbocycles. The topological polar surface area (TPSA) is 30.5 Å². The third kappa shape index (κ3) is 3.53. The lowest BCUT2D eigenvalue weighted by molar-refractivity contribution is 0.181. The minimum atomic E-state index is 0.594. The van der Waals surface area contributed by atoms with Crippen LogP contribution in [-0.4, -0.2) is 27.8 Å². The maximum atomic E-state index is 5.26. The van der Waals surface area contributed by atoms with Gasteiger partial charge in [-0.25, -0.2) is 0 Å². The van der Waals surface area contributed by atoms with Crippen molar-refractivity contribution in [1.29, 1.82) is 0 Å². The van der Waals surface area contributed by atoms with Crippen LogP contribution >= 0.6 is 0 Å². The Balaban J connectivity index is 2.79. The Morgan fingerprint density at radius 1 is 1.27 bits per heavy atom. The largest absolute Gasteiger partial charge is 0.496 e. The van der Waals surface area contributed by atoms with Crippen molar-refractivity contribution in [1.82, 2.24) is 5.32 Å². The Labute approximate surface area is 91.4 Å². The van der Waals surface area contributed by atoms with E-state index in [0.29, 0.717) is 6.61 Å². The summed E-state index contributed by atoms with van der Waals surface area (Å²) < 4.78 is 10.4. The van der Waals surface area contributed by atoms with Crippen molar-refractivity contribution < 1.29 is 9.47 Å². The zero-order valence-electron chi connectivity index (χ0n) is 9.67. The summed E-state index contributed by atoms with van der Waals surface area (Å²) in [4.78, 5) is 0. The van der Waals surface area contributed by atoms with Gasteiger partial charge < -0.3 is 14.8 Å². The zero-order valence-corrected chi connectivity index (χ0v) is 9.67. The van der Waals surface area contributed by atoms with Gasteiger partial charge >= 0.3 is 0 Å². The predicted octanol–water partition coefficient (Wildman–Crippen LogP) is 1.60. The average Bonchev–Trinajstić information content (AvgIpc) is 2.27. The molecule has 0 aliphatic rings. The predicted molar refractivity (Wildman–Crippen MR) is 61.3 cm³/mol. The Morgan fingerprint density at radius 2 is 2.07 bits per heavy atom. The number of methoxy groups -OCH3 is 2. The lowest BCUT2D eigenvalue weighted by Crippen LogP contribution is -2.10. The maximum absolute atomic E-state index is 5.26. The molecule has 0 unspecified atom stereocenters. The summed E-state index contributed by atoms with van der Waals surface area (Å²) in [5.74, 6) is 0.894. The van der Waals surface area contributed by atoms with Crippen molar-refractivity contribution in [2.24, 2.45) is 0 Å². The van der Waals surface area contributed by atoms with Gasteiger partial charge in [0.1, 0.15) is 5.75 Å². The molecule has 3 nitrogen and oxygen atoms in total. The monoisotopic (exact) mass is 209 g/mol. The van der Waals surface area contributed by atoms with Crippen LogP contribution in [0.3, 0.4) is 0 Å². The molecular formula is C12H19NO2. The van der Waals surface area contributed by atoms with E-state index in [-0.39, 0.29) is 0 Å². The van der Waals surface area contributed by atoms with E-state index in [1.165, 1.54) is 5.56 Å². The normalized spacial score (nSPS) is 10.3. The summed E-state index contributed by atoms with van der Waals surface area (Å²) in [5, 5.41) is 3.13. The van der Waals surface area contributed by atoms with E-state index in [4.69, 9.17) is 9.47 Å². The Bertz CT molecular complexity index is 300. The van der Waals surface area contributed by atoms with Gasteiger partial charge in [-0.3, -0.25) is 0 Å². The van der Waals surface area contributed by atoms with Crippen LogP contribution in [0.15, 0.2) is 18.2 Å². The van der Waals surface area contributed by atoms with Crippen LogP contribution < -0.4 is 10.1 Å². The highest BCUT2D eigenvalue weighted by Crippen LogP contribution is 2.20. The van der Waals surface area contributed by atoms with E-state index in [0.717, 1.165) is 24.3 Å². The average molecular weight is 209 g/mol. The van der Waals surface area contributed by atoms with Gasteiger partial charge in [0.2, 0.25) is 0 Å². The summed E-state index contributed by atoms with van der Waals surface area (Å²) >= 11 is 0. The smallest absolute Gasteiger partial charge is 0.124 e. The number of ether oxygens (including phenoxy) is 2. The SMILES string of the molecule is CNCCc1ccc(OC)c(COC)c1. The van der Waals surface area contributed by atoms with Gasteiger partial charge in [0.05, 0.1) is 13.7 Å². The maximum Gasteiger partial charge on any atom is 0.124 e. The second-order valence-electron chi connectivity index (χ2n) is 3.43. The molecule has 0 heterocycles. The number of nitrogens with one attached hydrogen (secondary N) is 1. The van der Waals surface area contributed by atoms with Crippen LogP contribution in [0.4, 0.5) is 0 Å². The first-order valence-corrected chi connectivity index (χ1v) is 5.11. The molecule has 3 heteroatoms. The second-order valence-corrected chi connectivity index (χ2v) is 3.43. The zero-order chi connectivity index (χ0) is 11.1. The molecule has 1 aromatic rings. The van der Waals surface area contributed by atoms with Crippen LogP contribution in [0.25, 0.3) is 0 Å². The molecule has 1 rings (SSSR count). The second kappa shape index (κ2) is 6.43. The first kappa shape index (κ1) is 12.0. The van der Waals surface area contributed by atoms with Crippen molar-refractivity contribution in [3.05, 3.63) is 29.3 Å². The fourth-order valence-electron chi connectivity index (χ4n) is 1.53. The van der Waals surface area contributed by atoms with Crippen molar-refractivity contribution in [2.45, 2.75) is 13.0 Å². The summed E-state index contributed by atoms with van der Waals surface area (Å²) in [6, 6.07) is 6.23. The van der Waals surface area contributed by atoms with Gasteiger partial charge in [-0.1, -0.05) is 6.07 Å². The highest BCUT2D eigenvalue weighted by atomic mass is 16.5. The van der Waals surface area contributed by atoms with Crippen molar-refractivity contribution >= 4 is 0 Å². The summed E-state index contributed by atoms with van der Waals surface area (Å²) in [5.41, 5.74) is 2.41. The first-order valence-electron chi connectivity index (χ1n) is 5.11. The van der Waals surface area contributed by atoms with Gasteiger partial charge in [-0.15, -0.1) is 0 Å². The lowest BCUT2D eigenvalue weighted by atomic mass is 10.1. The van der Waals surface area contributed by atoms with Gasteiger partial charge in [-0.2, -0.15) is 0 Å². The molecule has 0 amide bonds. The summed E-state index contributed by atoms with van der Waals surface area (Å²) in [6.45, 7) is 1.58. The third-order valence-electron chi connectivity index (χ3n) is 2.31. The summed E-state index contributed by atoms with van der Waals surface area (Å²) in [6.07, 6.45) is 1.03. The summed E-state index contributed by atoms with van der Waals surface area (Å²) in [7, 11) is 5.33. The molecule has 84 valence electrons. The molecule has 0 aromatic heterocycles. The molecule has 1 N–H and O–H groups in total. The number of benzene rings is 1. The first-order chi connectivity index (χ1) is 7.31. The third-order valence-corrected chi connectivity index (χ3v) is 2.31. The number of likely N-dealkylation sites (N-methyl/N-ethyl adjacent to an activating group) is 1. The van der Waals surface area contributed by atoms with Crippen molar-refractivity contribution in [2.75, 3.05) is 27.8 Å². The van der Waals surface area contributed by atoms with Crippen LogP contribution in [-0.2, 0) is 17.8 Å². The molecule has 0 saturated carbocycles. The van der Waals surface area contributed by atoms with Crippen LogP contribution in [0.1, 0.15) is 11.1 Å². The van der Waals surface area contributed by atoms with Gasteiger partial charge in [-0.05, 0) is 37.7 Å². The van der Waals surface area contributed by atoms with Crippen molar-refractivity contribution in [3.63, 3.8) is 0 Å². The molecule has 0 aliphatic heterocycles. The van der Waals surface area contributed by atoms with Gasteiger partial charge in [0.25, 0.3) is 0 Å². The molecular weight excluding hydrogens is 190 g/mol. The van der Waals surface area contributed by atoms with E-state index in [9.17, 15) is 0 Å². The number of hydrogen-bond acceptors (Lipinski definition) is 3. The Kier molecular flexibility index (Phi) is 5.15. The Hall–Kier alpha value is -1.06. The lowest BCUT2D eigenvalue weighted by Gasteiger charge is -2.10. The van der Waals surface area contributed by atoms with Gasteiger partial charge in [0.15, 0.2) is 0 Å². The van der Waals surface area contributed by atoms with E-state index in [2.05, 4.69) is 17.4 Å². The molecule has 0 saturated heterocycles. The Morgan fingerprint density at radius 3 is 2.67 bits per heavy atom. The number of hydrogen-bond donors (Lipinski definition) is 1. The molecule has 0 bridgehead atoms. The van der Waals surface area contributed by atoms with E-state index in [1.807, 2.05) is 13.1 Å². The van der Waals surface area contributed by atoms with Crippen LogP contribution in [0.5, 0.6) is 5.75 Å². The van der Waals surface area contributed by atoms with Gasteiger partial charge in [0, 0.05) is 12.7 Å². The van der Waals surface area contributed by atoms with Crippen molar-refractivity contribution in [3.8, 4) is 5.75 Å². The molecule has 0 aliphatic carbocycles. The molecule has 0 spiro atoms. The molecule has 0 radical (unpaired) electrons. The standard InChI is InChI=1S/C12H19NO2/c1-13-7-6-10-4-5-12(15-3)11(8-10)9-14-2/h4-5,8,13H,6-7,9H2,1-3H3. The molecule has 0 fully saturated rings. The number of rotatable bonds is 6. The van der Waals surface area contributed by atoms with E-state index < -0.39 is 0 Å². The fourth-order valence-corrected chi connectivity index (χ4v) is 1.53. The van der Waals surface area contributed by atoms with E-state index in [1.54, 1.807) is 14.2 Å². The minimum Gasteiger partial charge on any atom is -0.496 e. The fraction of sp³-hybridized carbons (Fsp3) is 0.500. The highest BCUT2D eigenvalue weighted by molar-refractivity contribution is 5.37. The quantitative estimate of drug-likeness (QED) is 0.772. The molecule has 15 heavy (non-hydrogen) atoms. The highest BCUT2D eigenvalue weighted by Gasteiger charge is 2.03.